The standard InChI is InChI=1S/C22H27N3O5/c1-30-19-8-9-20(21(14-19)25(28)29)23-22(27)15-24-12-10-17(11-13-24)3-2-16-4-6-18(26)7-5-16/h4-9,14,17,26H,2-3,10-13,15H2,1H3,(H,23,27). The number of nitrogens with one attached hydrogen (secondary N) is 1. The lowest BCUT2D eigenvalue weighted by Crippen LogP contribution is -2.39. The molecule has 0 atom stereocenters. The van der Waals surface area contributed by atoms with Crippen molar-refractivity contribution in [3.05, 3.63) is 58.1 Å². The molecule has 1 heterocycles. The first-order chi connectivity index (χ1) is 14.4. The summed E-state index contributed by atoms with van der Waals surface area (Å²) >= 11 is 0. The van der Waals surface area contributed by atoms with Crippen molar-refractivity contribution in [1.82, 2.24) is 4.90 Å². The number of piperidine rings is 1. The van der Waals surface area contributed by atoms with Gasteiger partial charge in [0.2, 0.25) is 5.91 Å². The summed E-state index contributed by atoms with van der Waals surface area (Å²) in [6, 6.07) is 11.7. The van der Waals surface area contributed by atoms with Gasteiger partial charge in [-0.05, 0) is 74.5 Å². The number of phenols is 1. The number of nitrogens with zero attached hydrogens (tertiary/aromatic N) is 2. The van der Waals surface area contributed by atoms with Crippen molar-refractivity contribution in [3.8, 4) is 11.5 Å². The van der Waals surface area contributed by atoms with Gasteiger partial charge in [-0.15, -0.1) is 0 Å². The Balaban J connectivity index is 1.45. The minimum absolute atomic E-state index is 0.176. The van der Waals surface area contributed by atoms with Gasteiger partial charge in [0.25, 0.3) is 5.69 Å². The summed E-state index contributed by atoms with van der Waals surface area (Å²) in [5.74, 6) is 1.01. The number of carbonyl (C=O) groups is 1. The zero-order valence-corrected chi connectivity index (χ0v) is 17.0. The number of likely N-dealkylation sites (tertiary alicyclic amines) is 1. The predicted molar refractivity (Wildman–Crippen MR) is 114 cm³/mol. The number of nitro groups is 1. The Morgan fingerprint density at radius 1 is 1.23 bits per heavy atom. The van der Waals surface area contributed by atoms with Gasteiger partial charge in [-0.2, -0.15) is 0 Å². The van der Waals surface area contributed by atoms with Crippen LogP contribution in [0.4, 0.5) is 11.4 Å². The third-order valence-electron chi connectivity index (χ3n) is 5.53. The minimum atomic E-state index is -0.530. The third kappa shape index (κ3) is 5.93. The monoisotopic (exact) mass is 413 g/mol. The molecule has 1 aliphatic heterocycles. The van der Waals surface area contributed by atoms with Crippen LogP contribution in [0.3, 0.4) is 0 Å². The van der Waals surface area contributed by atoms with Crippen LogP contribution in [0.25, 0.3) is 0 Å². The van der Waals surface area contributed by atoms with Crippen molar-refractivity contribution in [2.24, 2.45) is 5.92 Å². The highest BCUT2D eigenvalue weighted by molar-refractivity contribution is 5.94. The first-order valence-electron chi connectivity index (χ1n) is 10.1. The normalized spacial score (nSPS) is 15.0. The molecule has 2 aromatic rings. The average molecular weight is 413 g/mol. The number of amides is 1. The van der Waals surface area contributed by atoms with Crippen LogP contribution in [0.2, 0.25) is 0 Å². The van der Waals surface area contributed by atoms with Gasteiger partial charge in [-0.3, -0.25) is 19.8 Å². The zero-order chi connectivity index (χ0) is 21.5. The number of rotatable bonds is 8. The largest absolute Gasteiger partial charge is 0.508 e. The lowest BCUT2D eigenvalue weighted by Gasteiger charge is -2.31. The molecule has 0 aromatic heterocycles. The van der Waals surface area contributed by atoms with E-state index in [0.717, 1.165) is 38.8 Å². The van der Waals surface area contributed by atoms with E-state index in [1.54, 1.807) is 18.2 Å². The Kier molecular flexibility index (Phi) is 7.24. The Morgan fingerprint density at radius 2 is 1.93 bits per heavy atom. The first-order valence-corrected chi connectivity index (χ1v) is 10.1. The van der Waals surface area contributed by atoms with Crippen LogP contribution in [-0.2, 0) is 11.2 Å². The summed E-state index contributed by atoms with van der Waals surface area (Å²) in [5, 5.41) is 23.3. The van der Waals surface area contributed by atoms with E-state index in [4.69, 9.17) is 4.74 Å². The van der Waals surface area contributed by atoms with Gasteiger partial charge in [-0.1, -0.05) is 12.1 Å². The van der Waals surface area contributed by atoms with E-state index in [1.165, 1.54) is 24.8 Å². The Labute approximate surface area is 175 Å². The number of methoxy groups -OCH3 is 1. The van der Waals surface area contributed by atoms with Gasteiger partial charge in [0.1, 0.15) is 17.2 Å². The maximum Gasteiger partial charge on any atom is 0.296 e. The molecule has 30 heavy (non-hydrogen) atoms. The number of benzene rings is 2. The number of aromatic hydroxyl groups is 1. The molecule has 8 nitrogen and oxygen atoms in total. The Hall–Kier alpha value is -3.13. The quantitative estimate of drug-likeness (QED) is 0.506. The van der Waals surface area contributed by atoms with Gasteiger partial charge in [0.05, 0.1) is 24.6 Å². The molecule has 0 bridgehead atoms. The van der Waals surface area contributed by atoms with Crippen LogP contribution in [0.1, 0.15) is 24.8 Å². The van der Waals surface area contributed by atoms with Crippen molar-refractivity contribution in [2.45, 2.75) is 25.7 Å². The molecule has 8 heteroatoms. The van der Waals surface area contributed by atoms with Crippen molar-refractivity contribution in [2.75, 3.05) is 32.1 Å². The van der Waals surface area contributed by atoms with Gasteiger partial charge >= 0.3 is 0 Å². The third-order valence-corrected chi connectivity index (χ3v) is 5.53. The van der Waals surface area contributed by atoms with Crippen LogP contribution in [0, 0.1) is 16.0 Å². The van der Waals surface area contributed by atoms with E-state index in [-0.39, 0.29) is 29.6 Å². The fraction of sp³-hybridized carbons (Fsp3) is 0.409. The highest BCUT2D eigenvalue weighted by Crippen LogP contribution is 2.29. The molecular formula is C22H27N3O5. The molecule has 2 aromatic carbocycles. The van der Waals surface area contributed by atoms with E-state index < -0.39 is 4.92 Å². The summed E-state index contributed by atoms with van der Waals surface area (Å²) in [6.45, 7) is 1.88. The molecule has 2 N–H and O–H groups in total. The number of phenolic OH excluding ortho intramolecular Hbond substituents is 1. The molecular weight excluding hydrogens is 386 g/mol. The van der Waals surface area contributed by atoms with Crippen LogP contribution in [0.15, 0.2) is 42.5 Å². The summed E-state index contributed by atoms with van der Waals surface area (Å²) in [5.41, 5.74) is 1.21. The molecule has 1 saturated heterocycles. The topological polar surface area (TPSA) is 105 Å². The van der Waals surface area contributed by atoms with E-state index in [1.807, 2.05) is 12.1 Å². The van der Waals surface area contributed by atoms with Gasteiger partial charge in [0.15, 0.2) is 0 Å². The number of nitro benzene ring substituents is 1. The molecule has 3 rings (SSSR count). The second-order valence-electron chi connectivity index (χ2n) is 7.61. The summed E-state index contributed by atoms with van der Waals surface area (Å²) < 4.78 is 5.01. The predicted octanol–water partition coefficient (Wildman–Crippen LogP) is 3.59. The summed E-state index contributed by atoms with van der Waals surface area (Å²) in [7, 11) is 1.44. The van der Waals surface area contributed by atoms with Crippen molar-refractivity contribution < 1.29 is 19.6 Å². The highest BCUT2D eigenvalue weighted by Gasteiger charge is 2.22. The number of ether oxygens (including phenoxy) is 1. The Bertz CT molecular complexity index is 877. The van der Waals surface area contributed by atoms with Gasteiger partial charge in [-0.25, -0.2) is 0 Å². The van der Waals surface area contributed by atoms with E-state index in [0.29, 0.717) is 11.7 Å². The van der Waals surface area contributed by atoms with E-state index in [2.05, 4.69) is 10.2 Å². The molecule has 160 valence electrons. The molecule has 0 radical (unpaired) electrons. The van der Waals surface area contributed by atoms with Gasteiger partial charge in [0, 0.05) is 0 Å². The number of anilines is 1. The fourth-order valence-electron chi connectivity index (χ4n) is 3.75. The number of aryl methyl sites for hydroxylation is 1. The Morgan fingerprint density at radius 3 is 2.57 bits per heavy atom. The maximum atomic E-state index is 12.4. The summed E-state index contributed by atoms with van der Waals surface area (Å²) in [4.78, 5) is 25.2. The van der Waals surface area contributed by atoms with Gasteiger partial charge < -0.3 is 15.2 Å². The highest BCUT2D eigenvalue weighted by atomic mass is 16.6. The molecule has 0 spiro atoms. The lowest BCUT2D eigenvalue weighted by atomic mass is 9.90. The van der Waals surface area contributed by atoms with Crippen LogP contribution in [-0.4, -0.2) is 47.6 Å². The number of hydrogen-bond acceptors (Lipinski definition) is 6. The smallest absolute Gasteiger partial charge is 0.296 e. The fourth-order valence-corrected chi connectivity index (χ4v) is 3.75. The number of hydrogen-bond donors (Lipinski definition) is 2. The second-order valence-corrected chi connectivity index (χ2v) is 7.61. The molecule has 0 aliphatic carbocycles. The lowest BCUT2D eigenvalue weighted by molar-refractivity contribution is -0.384. The minimum Gasteiger partial charge on any atom is -0.508 e. The average Bonchev–Trinajstić information content (AvgIpc) is 2.74. The maximum absolute atomic E-state index is 12.4. The van der Waals surface area contributed by atoms with Crippen molar-refractivity contribution in [3.63, 3.8) is 0 Å². The molecule has 1 amide bonds. The van der Waals surface area contributed by atoms with Crippen molar-refractivity contribution in [1.29, 1.82) is 0 Å². The van der Waals surface area contributed by atoms with Crippen LogP contribution >= 0.6 is 0 Å². The van der Waals surface area contributed by atoms with Crippen LogP contribution in [0.5, 0.6) is 11.5 Å². The molecule has 1 aliphatic rings. The summed E-state index contributed by atoms with van der Waals surface area (Å²) in [6.07, 6.45) is 4.11. The van der Waals surface area contributed by atoms with Crippen molar-refractivity contribution >= 4 is 17.3 Å². The number of carbonyl (C=O) groups excluding carboxylic acids is 1. The zero-order valence-electron chi connectivity index (χ0n) is 17.0. The van der Waals surface area contributed by atoms with Crippen LogP contribution < -0.4 is 10.1 Å². The van der Waals surface area contributed by atoms with E-state index >= 15 is 0 Å². The SMILES string of the molecule is COc1ccc(NC(=O)CN2CCC(CCc3ccc(O)cc3)CC2)c([N+](=O)[O-])c1. The van der Waals surface area contributed by atoms with E-state index in [9.17, 15) is 20.0 Å². The molecule has 0 unspecified atom stereocenters. The molecule has 1 fully saturated rings. The molecule has 0 saturated carbocycles. The second kappa shape index (κ2) is 10.1. The first kappa shape index (κ1) is 21.6.